The first-order valence-electron chi connectivity index (χ1n) is 8.66. The molecular formula is C18H16F4N4O3. The number of carbonyl (C=O) groups is 2. The van der Waals surface area contributed by atoms with Gasteiger partial charge in [-0.15, -0.1) is 10.2 Å². The Balaban J connectivity index is 1.77. The standard InChI is InChI=1S/C18H16F4N4O3/c19-11-3-4-13(18(20,21)22)12(8-11)16(27)10-2-1-7-26(23-9-10)15-6-5-14(17(28)29)24-25-15/h3-6,8,10,23H,1-2,7,9H2,(H,28,29). The maximum atomic E-state index is 13.5. The van der Waals surface area contributed by atoms with E-state index in [1.54, 1.807) is 5.01 Å². The van der Waals surface area contributed by atoms with E-state index < -0.39 is 40.8 Å². The number of rotatable bonds is 4. The van der Waals surface area contributed by atoms with Crippen molar-refractivity contribution in [2.24, 2.45) is 5.92 Å². The number of aromatic nitrogens is 2. The summed E-state index contributed by atoms with van der Waals surface area (Å²) in [6.07, 6.45) is -4.04. The van der Waals surface area contributed by atoms with Crippen LogP contribution in [0.4, 0.5) is 23.4 Å². The molecule has 0 radical (unpaired) electrons. The Kier molecular flexibility index (Phi) is 5.78. The number of ketones is 1. The van der Waals surface area contributed by atoms with Crippen molar-refractivity contribution in [2.75, 3.05) is 18.1 Å². The predicted molar refractivity (Wildman–Crippen MR) is 92.8 cm³/mol. The summed E-state index contributed by atoms with van der Waals surface area (Å²) >= 11 is 0. The Morgan fingerprint density at radius 3 is 2.55 bits per heavy atom. The summed E-state index contributed by atoms with van der Waals surface area (Å²) in [4.78, 5) is 23.6. The van der Waals surface area contributed by atoms with Gasteiger partial charge in [0.15, 0.2) is 17.3 Å². The van der Waals surface area contributed by atoms with Gasteiger partial charge in [0.25, 0.3) is 0 Å². The van der Waals surface area contributed by atoms with Crippen molar-refractivity contribution in [3.05, 3.63) is 53.0 Å². The van der Waals surface area contributed by atoms with Crippen LogP contribution in [-0.4, -0.2) is 40.1 Å². The minimum Gasteiger partial charge on any atom is -0.476 e. The van der Waals surface area contributed by atoms with E-state index >= 15 is 0 Å². The quantitative estimate of drug-likeness (QED) is 0.589. The average Bonchev–Trinajstić information content (AvgIpc) is 2.92. The van der Waals surface area contributed by atoms with E-state index in [2.05, 4.69) is 15.6 Å². The Morgan fingerprint density at radius 1 is 1.17 bits per heavy atom. The fourth-order valence-electron chi connectivity index (χ4n) is 3.09. The predicted octanol–water partition coefficient (Wildman–Crippen LogP) is 2.94. The second-order valence-corrected chi connectivity index (χ2v) is 6.49. The highest BCUT2D eigenvalue weighted by atomic mass is 19.4. The van der Waals surface area contributed by atoms with Gasteiger partial charge >= 0.3 is 12.1 Å². The van der Waals surface area contributed by atoms with E-state index in [9.17, 15) is 27.2 Å². The van der Waals surface area contributed by atoms with Gasteiger partial charge in [0.1, 0.15) is 5.82 Å². The van der Waals surface area contributed by atoms with Crippen molar-refractivity contribution in [1.82, 2.24) is 15.6 Å². The first-order chi connectivity index (χ1) is 13.7. The summed E-state index contributed by atoms with van der Waals surface area (Å²) in [6.45, 7) is 0.384. The first kappa shape index (κ1) is 20.6. The molecule has 1 aliphatic heterocycles. The van der Waals surface area contributed by atoms with E-state index in [1.165, 1.54) is 12.1 Å². The Labute approximate surface area is 162 Å². The van der Waals surface area contributed by atoms with Crippen LogP contribution in [0.1, 0.15) is 39.3 Å². The number of carboxylic acid groups (broad SMARTS) is 1. The zero-order valence-electron chi connectivity index (χ0n) is 14.9. The number of hydrogen-bond acceptors (Lipinski definition) is 6. The number of hydrazine groups is 1. The molecule has 0 amide bonds. The van der Waals surface area contributed by atoms with Gasteiger partial charge in [-0.25, -0.2) is 14.6 Å². The molecule has 1 aliphatic rings. The Hall–Kier alpha value is -3.08. The van der Waals surface area contributed by atoms with Crippen LogP contribution in [-0.2, 0) is 6.18 Å². The highest BCUT2D eigenvalue weighted by Gasteiger charge is 2.37. The van der Waals surface area contributed by atoms with Crippen molar-refractivity contribution >= 4 is 17.6 Å². The zero-order valence-corrected chi connectivity index (χ0v) is 14.9. The molecule has 1 atom stereocenters. The van der Waals surface area contributed by atoms with E-state index in [1.807, 2.05) is 0 Å². The Bertz CT molecular complexity index is 918. The lowest BCUT2D eigenvalue weighted by atomic mass is 9.90. The lowest BCUT2D eigenvalue weighted by Crippen LogP contribution is -2.41. The molecular weight excluding hydrogens is 396 g/mol. The number of Topliss-reactive ketones (excluding diaryl/α,β-unsaturated/α-hetero) is 1. The molecule has 1 fully saturated rings. The minimum atomic E-state index is -4.77. The van der Waals surface area contributed by atoms with Crippen LogP contribution in [0.3, 0.4) is 0 Å². The summed E-state index contributed by atoms with van der Waals surface area (Å²) in [5, 5.41) is 17.8. The van der Waals surface area contributed by atoms with Gasteiger partial charge in [-0.2, -0.15) is 13.2 Å². The third kappa shape index (κ3) is 4.67. The van der Waals surface area contributed by atoms with E-state index in [-0.39, 0.29) is 18.7 Å². The summed E-state index contributed by atoms with van der Waals surface area (Å²) in [5.74, 6) is -3.43. The van der Waals surface area contributed by atoms with Gasteiger partial charge < -0.3 is 5.11 Å². The number of nitrogens with zero attached hydrogens (tertiary/aromatic N) is 3. The number of nitrogens with one attached hydrogen (secondary N) is 1. The van der Waals surface area contributed by atoms with Gasteiger partial charge in [-0.05, 0) is 43.2 Å². The molecule has 2 N–H and O–H groups in total. The lowest BCUT2D eigenvalue weighted by molar-refractivity contribution is -0.138. The topological polar surface area (TPSA) is 95.4 Å². The maximum Gasteiger partial charge on any atom is 0.417 e. The molecule has 11 heteroatoms. The molecule has 1 unspecified atom stereocenters. The molecule has 1 saturated heterocycles. The maximum absolute atomic E-state index is 13.5. The number of hydrogen-bond donors (Lipinski definition) is 2. The number of aromatic carboxylic acids is 1. The fraction of sp³-hybridized carbons (Fsp3) is 0.333. The van der Waals surface area contributed by atoms with Gasteiger partial charge in [-0.3, -0.25) is 9.80 Å². The highest BCUT2D eigenvalue weighted by Crippen LogP contribution is 2.34. The molecule has 1 aromatic heterocycles. The first-order valence-corrected chi connectivity index (χ1v) is 8.66. The summed E-state index contributed by atoms with van der Waals surface area (Å²) in [5.41, 5.74) is 0.816. The highest BCUT2D eigenvalue weighted by molar-refractivity contribution is 5.99. The summed E-state index contributed by atoms with van der Waals surface area (Å²) in [6, 6.07) is 4.55. The third-order valence-electron chi connectivity index (χ3n) is 4.53. The molecule has 29 heavy (non-hydrogen) atoms. The van der Waals surface area contributed by atoms with Gasteiger partial charge in [0.2, 0.25) is 0 Å². The molecule has 154 valence electrons. The molecule has 3 rings (SSSR count). The van der Waals surface area contributed by atoms with Crippen molar-refractivity contribution < 1.29 is 32.3 Å². The summed E-state index contributed by atoms with van der Waals surface area (Å²) in [7, 11) is 0. The Morgan fingerprint density at radius 2 is 1.93 bits per heavy atom. The monoisotopic (exact) mass is 412 g/mol. The second kappa shape index (κ2) is 8.11. The molecule has 0 aliphatic carbocycles. The molecule has 2 aromatic rings. The number of benzene rings is 1. The largest absolute Gasteiger partial charge is 0.476 e. The van der Waals surface area contributed by atoms with Crippen molar-refractivity contribution in [3.8, 4) is 0 Å². The van der Waals surface area contributed by atoms with Gasteiger partial charge in [0, 0.05) is 24.6 Å². The molecule has 0 saturated carbocycles. The van der Waals surface area contributed by atoms with Crippen molar-refractivity contribution in [1.29, 1.82) is 0 Å². The van der Waals surface area contributed by atoms with E-state index in [4.69, 9.17) is 5.11 Å². The second-order valence-electron chi connectivity index (χ2n) is 6.49. The molecule has 2 heterocycles. The normalized spacial score (nSPS) is 17.7. The van der Waals surface area contributed by atoms with Crippen LogP contribution < -0.4 is 10.4 Å². The van der Waals surface area contributed by atoms with Gasteiger partial charge in [0.05, 0.1) is 5.56 Å². The third-order valence-corrected chi connectivity index (χ3v) is 4.53. The van der Waals surface area contributed by atoms with Crippen LogP contribution in [0.2, 0.25) is 0 Å². The smallest absolute Gasteiger partial charge is 0.417 e. The fourth-order valence-corrected chi connectivity index (χ4v) is 3.09. The number of anilines is 1. The average molecular weight is 412 g/mol. The zero-order chi connectivity index (χ0) is 21.2. The molecule has 1 aromatic carbocycles. The number of carboxylic acids is 1. The molecule has 0 bridgehead atoms. The molecule has 7 nitrogen and oxygen atoms in total. The van der Waals surface area contributed by atoms with E-state index in [0.29, 0.717) is 37.0 Å². The van der Waals surface area contributed by atoms with Crippen molar-refractivity contribution in [2.45, 2.75) is 19.0 Å². The number of alkyl halides is 3. The summed E-state index contributed by atoms with van der Waals surface area (Å²) < 4.78 is 53.1. The molecule has 0 spiro atoms. The SMILES string of the molecule is O=C(O)c1ccc(N2CCCC(C(=O)c3cc(F)ccc3C(F)(F)F)CN2)nn1. The van der Waals surface area contributed by atoms with Crippen LogP contribution in [0, 0.1) is 11.7 Å². The number of halogens is 4. The van der Waals surface area contributed by atoms with Crippen LogP contribution >= 0.6 is 0 Å². The van der Waals surface area contributed by atoms with E-state index in [0.717, 1.165) is 0 Å². The van der Waals surface area contributed by atoms with Crippen LogP contribution in [0.15, 0.2) is 30.3 Å². The van der Waals surface area contributed by atoms with Crippen LogP contribution in [0.25, 0.3) is 0 Å². The minimum absolute atomic E-state index is 0.00893. The van der Waals surface area contributed by atoms with Crippen LogP contribution in [0.5, 0.6) is 0 Å². The van der Waals surface area contributed by atoms with Crippen molar-refractivity contribution in [3.63, 3.8) is 0 Å². The van der Waals surface area contributed by atoms with Gasteiger partial charge in [-0.1, -0.05) is 0 Å². The number of carbonyl (C=O) groups excluding carboxylic acids is 1. The lowest BCUT2D eigenvalue weighted by Gasteiger charge is -2.22.